The summed E-state index contributed by atoms with van der Waals surface area (Å²) in [4.78, 5) is 25.1. The van der Waals surface area contributed by atoms with E-state index in [9.17, 15) is 9.59 Å². The lowest BCUT2D eigenvalue weighted by molar-refractivity contribution is -0.141. The Labute approximate surface area is 125 Å². The maximum absolute atomic E-state index is 12.5. The van der Waals surface area contributed by atoms with Crippen molar-refractivity contribution in [3.05, 3.63) is 28.2 Å². The second-order valence-electron chi connectivity index (χ2n) is 4.81. The number of halogens is 1. The molecule has 1 aromatic carbocycles. The van der Waals surface area contributed by atoms with Crippen molar-refractivity contribution < 1.29 is 19.4 Å². The van der Waals surface area contributed by atoms with Crippen molar-refractivity contribution in [1.82, 2.24) is 4.90 Å². The predicted molar refractivity (Wildman–Crippen MR) is 77.0 cm³/mol. The Morgan fingerprint density at radius 1 is 1.45 bits per heavy atom. The fraction of sp³-hybridized carbons (Fsp3) is 0.429. The molecule has 1 aromatic rings. The molecule has 2 rings (SSSR count). The monoisotopic (exact) mass is 341 g/mol. The number of ether oxygens (including phenoxy) is 1. The van der Waals surface area contributed by atoms with Crippen LogP contribution in [0.2, 0.25) is 0 Å². The number of amides is 1. The smallest absolute Gasteiger partial charge is 0.326 e. The molecule has 1 N–H and O–H groups in total. The quantitative estimate of drug-likeness (QED) is 0.893. The molecule has 1 amide bonds. The Morgan fingerprint density at radius 3 is 2.55 bits per heavy atom. The molecule has 0 saturated heterocycles. The van der Waals surface area contributed by atoms with Crippen molar-refractivity contribution in [3.8, 4) is 5.75 Å². The molecule has 1 fully saturated rings. The molecule has 1 aliphatic rings. The number of carbonyl (C=O) groups excluding carboxylic acids is 1. The van der Waals surface area contributed by atoms with Gasteiger partial charge in [0.2, 0.25) is 0 Å². The van der Waals surface area contributed by atoms with Gasteiger partial charge >= 0.3 is 5.97 Å². The van der Waals surface area contributed by atoms with E-state index in [1.165, 1.54) is 11.8 Å². The van der Waals surface area contributed by atoms with Crippen LogP contribution >= 0.6 is 15.9 Å². The molecule has 1 unspecified atom stereocenters. The predicted octanol–water partition coefficient (Wildman–Crippen LogP) is 2.54. The average molecular weight is 342 g/mol. The fourth-order valence-corrected chi connectivity index (χ4v) is 2.62. The molecule has 1 saturated carbocycles. The molecule has 0 aromatic heterocycles. The fourth-order valence-electron chi connectivity index (χ4n) is 2.08. The van der Waals surface area contributed by atoms with E-state index in [1.807, 2.05) is 0 Å². The van der Waals surface area contributed by atoms with E-state index in [1.54, 1.807) is 25.3 Å². The first-order chi connectivity index (χ1) is 9.45. The van der Waals surface area contributed by atoms with Crippen LogP contribution < -0.4 is 4.74 Å². The molecule has 0 aliphatic heterocycles. The highest BCUT2D eigenvalue weighted by molar-refractivity contribution is 9.10. The molecule has 0 radical (unpaired) electrons. The van der Waals surface area contributed by atoms with Crippen LogP contribution in [0, 0.1) is 0 Å². The van der Waals surface area contributed by atoms with Gasteiger partial charge in [0.05, 0.1) is 11.6 Å². The summed E-state index contributed by atoms with van der Waals surface area (Å²) >= 11 is 3.33. The van der Waals surface area contributed by atoms with Crippen LogP contribution in [-0.2, 0) is 4.79 Å². The largest absolute Gasteiger partial charge is 0.496 e. The Morgan fingerprint density at radius 2 is 2.10 bits per heavy atom. The first-order valence-electron chi connectivity index (χ1n) is 6.34. The van der Waals surface area contributed by atoms with E-state index in [0.717, 1.165) is 12.8 Å². The number of benzene rings is 1. The normalized spacial score (nSPS) is 15.6. The number of carboxylic acids is 1. The third kappa shape index (κ3) is 2.95. The topological polar surface area (TPSA) is 66.8 Å². The first-order valence-corrected chi connectivity index (χ1v) is 7.14. The van der Waals surface area contributed by atoms with Crippen molar-refractivity contribution in [1.29, 1.82) is 0 Å². The van der Waals surface area contributed by atoms with E-state index in [2.05, 4.69) is 15.9 Å². The molecule has 6 heteroatoms. The summed E-state index contributed by atoms with van der Waals surface area (Å²) in [6.07, 6.45) is 1.72. The highest BCUT2D eigenvalue weighted by Crippen LogP contribution is 2.32. The second-order valence-corrected chi connectivity index (χ2v) is 5.66. The SMILES string of the molecule is COc1ccc(C(=O)N(C2CC2)C(C)C(=O)O)cc1Br. The Kier molecular flexibility index (Phi) is 4.32. The van der Waals surface area contributed by atoms with Crippen LogP contribution in [-0.4, -0.2) is 41.1 Å². The average Bonchev–Trinajstić information content (AvgIpc) is 3.23. The van der Waals surface area contributed by atoms with Crippen LogP contribution in [0.3, 0.4) is 0 Å². The van der Waals surface area contributed by atoms with Crippen LogP contribution in [0.15, 0.2) is 22.7 Å². The molecule has 0 bridgehead atoms. The summed E-state index contributed by atoms with van der Waals surface area (Å²) in [5.41, 5.74) is 0.456. The van der Waals surface area contributed by atoms with Crippen LogP contribution in [0.25, 0.3) is 0 Å². The maximum Gasteiger partial charge on any atom is 0.326 e. The van der Waals surface area contributed by atoms with Crippen LogP contribution in [0.1, 0.15) is 30.1 Å². The zero-order valence-electron chi connectivity index (χ0n) is 11.3. The molecule has 1 atom stereocenters. The van der Waals surface area contributed by atoms with E-state index in [-0.39, 0.29) is 11.9 Å². The van der Waals surface area contributed by atoms with E-state index in [4.69, 9.17) is 9.84 Å². The van der Waals surface area contributed by atoms with Gasteiger partial charge in [-0.05, 0) is 53.9 Å². The first kappa shape index (κ1) is 14.8. The van der Waals surface area contributed by atoms with Gasteiger partial charge in [0.25, 0.3) is 5.91 Å². The van der Waals surface area contributed by atoms with Gasteiger partial charge in [-0.25, -0.2) is 4.79 Å². The van der Waals surface area contributed by atoms with Gasteiger partial charge in [-0.2, -0.15) is 0 Å². The zero-order chi connectivity index (χ0) is 14.9. The molecule has 0 heterocycles. The van der Waals surface area contributed by atoms with Gasteiger partial charge in [0.1, 0.15) is 11.8 Å². The summed E-state index contributed by atoms with van der Waals surface area (Å²) in [5.74, 6) is -0.616. The molecule has 0 spiro atoms. The van der Waals surface area contributed by atoms with Crippen molar-refractivity contribution in [2.45, 2.75) is 31.8 Å². The van der Waals surface area contributed by atoms with E-state index >= 15 is 0 Å². The molecule has 1 aliphatic carbocycles. The van der Waals surface area contributed by atoms with E-state index in [0.29, 0.717) is 15.8 Å². The number of carboxylic acid groups (broad SMARTS) is 1. The molecule has 108 valence electrons. The Balaban J connectivity index is 2.28. The van der Waals surface area contributed by atoms with Gasteiger partial charge in [-0.15, -0.1) is 0 Å². The van der Waals surface area contributed by atoms with Crippen molar-refractivity contribution >= 4 is 27.8 Å². The number of hydrogen-bond acceptors (Lipinski definition) is 3. The molecular weight excluding hydrogens is 326 g/mol. The van der Waals surface area contributed by atoms with Crippen molar-refractivity contribution in [2.24, 2.45) is 0 Å². The van der Waals surface area contributed by atoms with Gasteiger partial charge in [-0.1, -0.05) is 0 Å². The second kappa shape index (κ2) is 5.83. The van der Waals surface area contributed by atoms with E-state index < -0.39 is 12.0 Å². The van der Waals surface area contributed by atoms with Gasteiger partial charge < -0.3 is 14.7 Å². The lowest BCUT2D eigenvalue weighted by Crippen LogP contribution is -2.44. The minimum atomic E-state index is -0.988. The number of carbonyl (C=O) groups is 2. The number of methoxy groups -OCH3 is 1. The Hall–Kier alpha value is -1.56. The standard InChI is InChI=1S/C14H16BrNO4/c1-8(14(18)19)16(10-4-5-10)13(17)9-3-6-12(20-2)11(15)7-9/h3,6-8,10H,4-5H2,1-2H3,(H,18,19). The summed E-state index contributed by atoms with van der Waals surface area (Å²) in [5, 5.41) is 9.14. The maximum atomic E-state index is 12.5. The molecule has 5 nitrogen and oxygen atoms in total. The van der Waals surface area contributed by atoms with Crippen LogP contribution in [0.5, 0.6) is 5.75 Å². The lowest BCUT2D eigenvalue weighted by atomic mass is 10.1. The third-order valence-corrected chi connectivity index (χ3v) is 3.97. The van der Waals surface area contributed by atoms with Crippen LogP contribution in [0.4, 0.5) is 0 Å². The lowest BCUT2D eigenvalue weighted by Gasteiger charge is -2.26. The summed E-state index contributed by atoms with van der Waals surface area (Å²) in [6.45, 7) is 1.54. The van der Waals surface area contributed by atoms with Gasteiger partial charge in [-0.3, -0.25) is 4.79 Å². The zero-order valence-corrected chi connectivity index (χ0v) is 12.9. The number of rotatable bonds is 5. The summed E-state index contributed by atoms with van der Waals surface area (Å²) < 4.78 is 5.79. The minimum absolute atomic E-state index is 0.0366. The number of hydrogen-bond donors (Lipinski definition) is 1. The highest BCUT2D eigenvalue weighted by Gasteiger charge is 2.38. The highest BCUT2D eigenvalue weighted by atomic mass is 79.9. The Bertz CT molecular complexity index is 542. The number of aliphatic carboxylic acids is 1. The third-order valence-electron chi connectivity index (χ3n) is 3.35. The molecule has 20 heavy (non-hydrogen) atoms. The minimum Gasteiger partial charge on any atom is -0.496 e. The van der Waals surface area contributed by atoms with Crippen molar-refractivity contribution in [3.63, 3.8) is 0 Å². The van der Waals surface area contributed by atoms with Gasteiger partial charge in [0, 0.05) is 11.6 Å². The summed E-state index contributed by atoms with van der Waals surface area (Å²) in [6, 6.07) is 4.21. The number of nitrogens with zero attached hydrogens (tertiary/aromatic N) is 1. The van der Waals surface area contributed by atoms with Crippen molar-refractivity contribution in [2.75, 3.05) is 7.11 Å². The summed E-state index contributed by atoms with van der Waals surface area (Å²) in [7, 11) is 1.55. The molecular formula is C14H16BrNO4. The van der Waals surface area contributed by atoms with Gasteiger partial charge in [0.15, 0.2) is 0 Å².